The Bertz CT molecular complexity index is 999. The molecule has 0 bridgehead atoms. The molecule has 3 rings (SSSR count). The summed E-state index contributed by atoms with van der Waals surface area (Å²) < 4.78 is 9.68. The first-order valence-electron chi connectivity index (χ1n) is 8.57. The summed E-state index contributed by atoms with van der Waals surface area (Å²) in [5.41, 5.74) is 0.740. The Hall–Kier alpha value is -3.45. The highest BCUT2D eigenvalue weighted by atomic mass is 35.5. The Kier molecular flexibility index (Phi) is 6.09. The standard InChI is InChI=1S/C21H17ClN2O5/c1-28-20(26)16-12-17(19(25)13-8-10-14(22)11-9-13)23-24(18(16)21(27)29-2)15-6-4-3-5-7-15/h3-12,18H,1-2H3. The number of Topliss-reactive ketones (excluding diaryl/α,β-unsaturated/α-hetero) is 1. The number of methoxy groups -OCH3 is 2. The monoisotopic (exact) mass is 412 g/mol. The van der Waals surface area contributed by atoms with Crippen LogP contribution in [0.5, 0.6) is 0 Å². The van der Waals surface area contributed by atoms with Crippen molar-refractivity contribution < 1.29 is 23.9 Å². The molecule has 0 aliphatic carbocycles. The lowest BCUT2D eigenvalue weighted by Crippen LogP contribution is -2.46. The predicted molar refractivity (Wildman–Crippen MR) is 108 cm³/mol. The molecule has 148 valence electrons. The number of carbonyl (C=O) groups is 3. The molecule has 0 spiro atoms. The maximum Gasteiger partial charge on any atom is 0.336 e. The molecule has 0 saturated carbocycles. The van der Waals surface area contributed by atoms with E-state index in [9.17, 15) is 14.4 Å². The fraction of sp³-hybridized carbons (Fsp3) is 0.143. The maximum atomic E-state index is 13.0. The fourth-order valence-electron chi connectivity index (χ4n) is 2.84. The van der Waals surface area contributed by atoms with Gasteiger partial charge in [-0.1, -0.05) is 29.8 Å². The molecule has 1 atom stereocenters. The third-order valence-electron chi connectivity index (χ3n) is 4.25. The Balaban J connectivity index is 2.14. The Morgan fingerprint density at radius 3 is 2.21 bits per heavy atom. The van der Waals surface area contributed by atoms with Gasteiger partial charge < -0.3 is 9.47 Å². The number of hydrogen-bond acceptors (Lipinski definition) is 7. The molecule has 0 saturated heterocycles. The second-order valence-electron chi connectivity index (χ2n) is 6.02. The van der Waals surface area contributed by atoms with Crippen LogP contribution in [0.2, 0.25) is 5.02 Å². The van der Waals surface area contributed by atoms with Gasteiger partial charge in [0, 0.05) is 10.6 Å². The van der Waals surface area contributed by atoms with Crippen molar-refractivity contribution in [3.05, 3.63) is 76.8 Å². The van der Waals surface area contributed by atoms with Gasteiger partial charge in [-0.2, -0.15) is 5.10 Å². The molecular weight excluding hydrogens is 396 g/mol. The van der Waals surface area contributed by atoms with Crippen LogP contribution in [0.3, 0.4) is 0 Å². The van der Waals surface area contributed by atoms with Gasteiger partial charge in [-0.3, -0.25) is 4.79 Å². The van der Waals surface area contributed by atoms with Crippen molar-refractivity contribution in [1.29, 1.82) is 0 Å². The smallest absolute Gasteiger partial charge is 0.336 e. The van der Waals surface area contributed by atoms with Crippen LogP contribution in [-0.2, 0) is 19.1 Å². The van der Waals surface area contributed by atoms with E-state index in [-0.39, 0.29) is 11.3 Å². The van der Waals surface area contributed by atoms with Crippen molar-refractivity contribution >= 4 is 40.7 Å². The Morgan fingerprint density at radius 2 is 1.62 bits per heavy atom. The predicted octanol–water partition coefficient (Wildman–Crippen LogP) is 3.04. The first-order chi connectivity index (χ1) is 14.0. The highest BCUT2D eigenvalue weighted by Crippen LogP contribution is 2.27. The van der Waals surface area contributed by atoms with Crippen LogP contribution in [-0.4, -0.2) is 43.7 Å². The molecule has 0 radical (unpaired) electrons. The molecule has 0 aromatic heterocycles. The lowest BCUT2D eigenvalue weighted by Gasteiger charge is -2.31. The number of anilines is 1. The number of carbonyl (C=O) groups excluding carboxylic acids is 3. The average Bonchev–Trinajstić information content (AvgIpc) is 2.77. The van der Waals surface area contributed by atoms with Gasteiger partial charge in [-0.25, -0.2) is 14.6 Å². The number of rotatable bonds is 5. The number of hydrazone groups is 1. The summed E-state index contributed by atoms with van der Waals surface area (Å²) in [7, 11) is 2.40. The first-order valence-corrected chi connectivity index (χ1v) is 8.95. The van der Waals surface area contributed by atoms with E-state index in [2.05, 4.69) is 5.10 Å². The normalized spacial score (nSPS) is 15.8. The second-order valence-corrected chi connectivity index (χ2v) is 6.45. The van der Waals surface area contributed by atoms with Gasteiger partial charge in [0.25, 0.3) is 0 Å². The molecule has 29 heavy (non-hydrogen) atoms. The summed E-state index contributed by atoms with van der Waals surface area (Å²) in [5, 5.41) is 6.11. The Morgan fingerprint density at radius 1 is 0.966 bits per heavy atom. The molecule has 0 amide bonds. The maximum absolute atomic E-state index is 13.0. The van der Waals surface area contributed by atoms with Crippen molar-refractivity contribution in [1.82, 2.24) is 0 Å². The van der Waals surface area contributed by atoms with Crippen molar-refractivity contribution in [2.45, 2.75) is 6.04 Å². The second kappa shape index (κ2) is 8.70. The lowest BCUT2D eigenvalue weighted by molar-refractivity contribution is -0.144. The highest BCUT2D eigenvalue weighted by Gasteiger charge is 2.39. The summed E-state index contributed by atoms with van der Waals surface area (Å²) in [4.78, 5) is 37.9. The minimum Gasteiger partial charge on any atom is -0.467 e. The average molecular weight is 413 g/mol. The minimum absolute atomic E-state index is 0.0308. The van der Waals surface area contributed by atoms with Crippen molar-refractivity contribution in [3.8, 4) is 0 Å². The van der Waals surface area contributed by atoms with E-state index in [1.165, 1.54) is 25.3 Å². The molecule has 7 nitrogen and oxygen atoms in total. The number of esters is 2. The Labute approximate surface area is 172 Å². The van der Waals surface area contributed by atoms with Gasteiger partial charge in [0.05, 0.1) is 25.5 Å². The van der Waals surface area contributed by atoms with E-state index in [0.29, 0.717) is 16.3 Å². The van der Waals surface area contributed by atoms with Crippen LogP contribution >= 0.6 is 11.6 Å². The molecule has 2 aromatic carbocycles. The summed E-state index contributed by atoms with van der Waals surface area (Å²) in [6, 6.07) is 13.7. The van der Waals surface area contributed by atoms with E-state index in [1.54, 1.807) is 54.6 Å². The quantitative estimate of drug-likeness (QED) is 0.554. The molecule has 0 N–H and O–H groups in total. The topological polar surface area (TPSA) is 85.3 Å². The van der Waals surface area contributed by atoms with Crippen molar-refractivity contribution in [2.24, 2.45) is 5.10 Å². The van der Waals surface area contributed by atoms with Crippen LogP contribution in [0.25, 0.3) is 0 Å². The molecule has 1 aliphatic heterocycles. The van der Waals surface area contributed by atoms with Crippen LogP contribution in [0.1, 0.15) is 10.4 Å². The van der Waals surface area contributed by atoms with Crippen LogP contribution in [0.4, 0.5) is 5.69 Å². The number of nitrogens with zero attached hydrogens (tertiary/aromatic N) is 2. The third-order valence-corrected chi connectivity index (χ3v) is 4.50. The number of ketones is 1. The van der Waals surface area contributed by atoms with Gasteiger partial charge in [-0.15, -0.1) is 0 Å². The number of ether oxygens (including phenoxy) is 2. The molecule has 1 heterocycles. The molecule has 8 heteroatoms. The number of benzene rings is 2. The zero-order chi connectivity index (χ0) is 21.0. The van der Waals surface area contributed by atoms with E-state index >= 15 is 0 Å². The molecule has 2 aromatic rings. The largest absolute Gasteiger partial charge is 0.467 e. The number of hydrogen-bond donors (Lipinski definition) is 0. The summed E-state index contributed by atoms with van der Waals surface area (Å²) in [5.74, 6) is -1.92. The summed E-state index contributed by atoms with van der Waals surface area (Å²) in [6.07, 6.45) is 1.25. The molecule has 1 unspecified atom stereocenters. The number of halogens is 1. The van der Waals surface area contributed by atoms with Crippen LogP contribution in [0, 0.1) is 0 Å². The molecule has 0 fully saturated rings. The van der Waals surface area contributed by atoms with E-state index in [4.69, 9.17) is 21.1 Å². The van der Waals surface area contributed by atoms with Gasteiger partial charge >= 0.3 is 11.9 Å². The van der Waals surface area contributed by atoms with Gasteiger partial charge in [0.15, 0.2) is 6.04 Å². The third kappa shape index (κ3) is 4.20. The summed E-state index contributed by atoms with van der Waals surface area (Å²) >= 11 is 5.88. The lowest BCUT2D eigenvalue weighted by atomic mass is 9.98. The van der Waals surface area contributed by atoms with Gasteiger partial charge in [0.1, 0.15) is 5.71 Å². The highest BCUT2D eigenvalue weighted by molar-refractivity contribution is 6.50. The molecular formula is C21H17ClN2O5. The molecule has 1 aliphatic rings. The minimum atomic E-state index is -1.20. The van der Waals surface area contributed by atoms with E-state index < -0.39 is 23.8 Å². The fourth-order valence-corrected chi connectivity index (χ4v) is 2.96. The van der Waals surface area contributed by atoms with Crippen molar-refractivity contribution in [3.63, 3.8) is 0 Å². The van der Waals surface area contributed by atoms with Gasteiger partial charge in [-0.05, 0) is 42.5 Å². The number of para-hydroxylation sites is 1. The van der Waals surface area contributed by atoms with Crippen LogP contribution < -0.4 is 5.01 Å². The zero-order valence-corrected chi connectivity index (χ0v) is 16.4. The van der Waals surface area contributed by atoms with E-state index in [1.807, 2.05) is 0 Å². The van der Waals surface area contributed by atoms with Crippen LogP contribution in [0.15, 0.2) is 71.3 Å². The SMILES string of the molecule is COC(=O)C1=CC(C(=O)c2ccc(Cl)cc2)=NN(c2ccccc2)C1C(=O)OC. The van der Waals surface area contributed by atoms with Crippen molar-refractivity contribution in [2.75, 3.05) is 19.2 Å². The zero-order valence-electron chi connectivity index (χ0n) is 15.7. The van der Waals surface area contributed by atoms with E-state index in [0.717, 1.165) is 0 Å². The first kappa shape index (κ1) is 20.3. The number of allylic oxidation sites excluding steroid dienone is 1. The summed E-state index contributed by atoms with van der Waals surface area (Å²) in [6.45, 7) is 0. The van der Waals surface area contributed by atoms with Gasteiger partial charge in [0.2, 0.25) is 5.78 Å².